The summed E-state index contributed by atoms with van der Waals surface area (Å²) in [5.74, 6) is 3.30. The van der Waals surface area contributed by atoms with Gasteiger partial charge in [0.2, 0.25) is 0 Å². The lowest BCUT2D eigenvalue weighted by Gasteiger charge is -2.19. The Morgan fingerprint density at radius 3 is 2.71 bits per heavy atom. The number of hydrogen-bond acceptors (Lipinski definition) is 2. The molecule has 1 N–H and O–H groups in total. The molecule has 0 bridgehead atoms. The second-order valence-electron chi connectivity index (χ2n) is 6.74. The van der Waals surface area contributed by atoms with Gasteiger partial charge in [0.25, 0.3) is 0 Å². The van der Waals surface area contributed by atoms with Crippen LogP contribution in [0.1, 0.15) is 50.3 Å². The fraction of sp³-hybridized carbons (Fsp3) is 0.684. The van der Waals surface area contributed by atoms with Crippen molar-refractivity contribution in [3.63, 3.8) is 0 Å². The minimum Gasteiger partial charge on any atom is -0.313 e. The van der Waals surface area contributed by atoms with E-state index < -0.39 is 0 Å². The predicted molar refractivity (Wildman–Crippen MR) is 96.4 cm³/mol. The topological polar surface area (TPSA) is 12.0 Å². The average Bonchev–Trinajstić information content (AvgIpc) is 2.91. The maximum Gasteiger partial charge on any atom is 0.0198 e. The second kappa shape index (κ2) is 8.85. The average molecular weight is 306 g/mol. The van der Waals surface area contributed by atoms with Crippen molar-refractivity contribution >= 4 is 11.8 Å². The molecule has 0 aromatic heterocycles. The fourth-order valence-corrected chi connectivity index (χ4v) is 4.15. The number of hydrogen-bond donors (Lipinski definition) is 1. The quantitative estimate of drug-likeness (QED) is 0.722. The molecule has 1 unspecified atom stereocenters. The van der Waals surface area contributed by atoms with E-state index in [-0.39, 0.29) is 0 Å². The van der Waals surface area contributed by atoms with Crippen molar-refractivity contribution in [2.24, 2.45) is 5.92 Å². The molecule has 1 aromatic rings. The van der Waals surface area contributed by atoms with Gasteiger partial charge in [0, 0.05) is 11.8 Å². The first-order valence-electron chi connectivity index (χ1n) is 8.60. The summed E-state index contributed by atoms with van der Waals surface area (Å²) in [6.45, 7) is 8.00. The van der Waals surface area contributed by atoms with Crippen LogP contribution in [0.4, 0.5) is 0 Å². The van der Waals surface area contributed by atoms with Crippen molar-refractivity contribution < 1.29 is 0 Å². The lowest BCUT2D eigenvalue weighted by molar-refractivity contribution is 0.549. The maximum absolute atomic E-state index is 3.74. The van der Waals surface area contributed by atoms with Crippen molar-refractivity contribution in [1.82, 2.24) is 5.32 Å². The summed E-state index contributed by atoms with van der Waals surface area (Å²) in [5.41, 5.74) is 4.72. The molecule has 0 spiro atoms. The molecule has 1 aliphatic carbocycles. The zero-order valence-corrected chi connectivity index (χ0v) is 14.8. The van der Waals surface area contributed by atoms with E-state index in [0.717, 1.165) is 12.5 Å². The van der Waals surface area contributed by atoms with E-state index in [1.165, 1.54) is 49.2 Å². The highest BCUT2D eigenvalue weighted by Gasteiger charge is 2.14. The molecule has 0 amide bonds. The number of thioether (sulfide) groups is 1. The third-order valence-electron chi connectivity index (χ3n) is 4.10. The van der Waals surface area contributed by atoms with E-state index >= 15 is 0 Å². The SMILES string of the molecule is CCCNC(CSCC(C)C)Cc1ccc2c(c1)CCC2. The molecule has 21 heavy (non-hydrogen) atoms. The van der Waals surface area contributed by atoms with E-state index in [4.69, 9.17) is 0 Å². The van der Waals surface area contributed by atoms with Crippen molar-refractivity contribution in [1.29, 1.82) is 0 Å². The van der Waals surface area contributed by atoms with Crippen LogP contribution in [0.2, 0.25) is 0 Å². The van der Waals surface area contributed by atoms with E-state index in [9.17, 15) is 0 Å². The van der Waals surface area contributed by atoms with Crippen molar-refractivity contribution in [2.75, 3.05) is 18.1 Å². The lowest BCUT2D eigenvalue weighted by atomic mass is 10.0. The molecule has 0 heterocycles. The minimum absolute atomic E-state index is 0.619. The van der Waals surface area contributed by atoms with Crippen molar-refractivity contribution in [2.45, 2.75) is 58.9 Å². The van der Waals surface area contributed by atoms with Crippen LogP contribution in [0.3, 0.4) is 0 Å². The number of aryl methyl sites for hydroxylation is 2. The van der Waals surface area contributed by atoms with Crippen molar-refractivity contribution in [3.8, 4) is 0 Å². The summed E-state index contributed by atoms with van der Waals surface area (Å²) >= 11 is 2.10. The Bertz CT molecular complexity index is 428. The number of benzene rings is 1. The molecule has 1 atom stereocenters. The van der Waals surface area contributed by atoms with Gasteiger partial charge in [-0.15, -0.1) is 0 Å². The number of rotatable bonds is 9. The van der Waals surface area contributed by atoms with E-state index in [0.29, 0.717) is 6.04 Å². The largest absolute Gasteiger partial charge is 0.313 e. The molecule has 1 aromatic carbocycles. The van der Waals surface area contributed by atoms with Gasteiger partial charge in [-0.25, -0.2) is 0 Å². The van der Waals surface area contributed by atoms with Crippen LogP contribution < -0.4 is 5.32 Å². The van der Waals surface area contributed by atoms with Gasteiger partial charge >= 0.3 is 0 Å². The van der Waals surface area contributed by atoms with Crippen LogP contribution in [0.25, 0.3) is 0 Å². The summed E-state index contributed by atoms with van der Waals surface area (Å²) in [5, 5.41) is 3.74. The molecule has 0 fully saturated rings. The number of nitrogens with one attached hydrogen (secondary N) is 1. The molecule has 1 aliphatic rings. The Hall–Kier alpha value is -0.470. The highest BCUT2D eigenvalue weighted by atomic mass is 32.2. The minimum atomic E-state index is 0.619. The first-order chi connectivity index (χ1) is 10.2. The molecule has 0 aliphatic heterocycles. The first kappa shape index (κ1) is 16.9. The summed E-state index contributed by atoms with van der Waals surface area (Å²) < 4.78 is 0. The number of fused-ring (bicyclic) bond motifs is 1. The maximum atomic E-state index is 3.74. The molecule has 0 saturated heterocycles. The Morgan fingerprint density at radius 1 is 1.14 bits per heavy atom. The third kappa shape index (κ3) is 5.67. The molecule has 2 rings (SSSR count). The Balaban J connectivity index is 1.90. The Labute approximate surface area is 135 Å². The monoisotopic (exact) mass is 305 g/mol. The van der Waals surface area contributed by atoms with Gasteiger partial charge in [0.1, 0.15) is 0 Å². The standard InChI is InChI=1S/C19H31NS/c1-4-10-20-19(14-21-13-15(2)3)12-16-8-9-17-6-5-7-18(17)11-16/h8-9,11,15,19-20H,4-7,10,12-14H2,1-3H3. The smallest absolute Gasteiger partial charge is 0.0198 e. The molecule has 1 nitrogen and oxygen atoms in total. The Kier molecular flexibility index (Phi) is 7.12. The molecule has 118 valence electrons. The molecular weight excluding hydrogens is 274 g/mol. The van der Waals surface area contributed by atoms with Gasteiger partial charge in [0.05, 0.1) is 0 Å². The van der Waals surface area contributed by atoms with Crippen molar-refractivity contribution in [3.05, 3.63) is 34.9 Å². The lowest BCUT2D eigenvalue weighted by Crippen LogP contribution is -2.34. The van der Waals surface area contributed by atoms with Crippen LogP contribution in [0, 0.1) is 5.92 Å². The summed E-state index contributed by atoms with van der Waals surface area (Å²) in [6.07, 6.45) is 6.32. The summed E-state index contributed by atoms with van der Waals surface area (Å²) in [7, 11) is 0. The highest BCUT2D eigenvalue weighted by Crippen LogP contribution is 2.23. The van der Waals surface area contributed by atoms with Gasteiger partial charge in [0.15, 0.2) is 0 Å². The van der Waals surface area contributed by atoms with Crippen LogP contribution >= 0.6 is 11.8 Å². The van der Waals surface area contributed by atoms with Crippen LogP contribution in [-0.2, 0) is 19.3 Å². The van der Waals surface area contributed by atoms with Gasteiger partial charge in [-0.1, -0.05) is 39.0 Å². The second-order valence-corrected chi connectivity index (χ2v) is 7.82. The predicted octanol–water partition coefficient (Wildman–Crippen LogP) is 4.48. The zero-order chi connectivity index (χ0) is 15.1. The van der Waals surface area contributed by atoms with Crippen LogP contribution in [-0.4, -0.2) is 24.1 Å². The zero-order valence-electron chi connectivity index (χ0n) is 14.0. The Morgan fingerprint density at radius 2 is 1.95 bits per heavy atom. The van der Waals surface area contributed by atoms with Crippen LogP contribution in [0.5, 0.6) is 0 Å². The molecule has 0 saturated carbocycles. The highest BCUT2D eigenvalue weighted by molar-refractivity contribution is 7.99. The van der Waals surface area contributed by atoms with Gasteiger partial charge in [-0.2, -0.15) is 11.8 Å². The van der Waals surface area contributed by atoms with Crippen LogP contribution in [0.15, 0.2) is 18.2 Å². The normalized spacial score (nSPS) is 15.4. The van der Waals surface area contributed by atoms with E-state index in [1.807, 2.05) is 0 Å². The fourth-order valence-electron chi connectivity index (χ4n) is 3.02. The van der Waals surface area contributed by atoms with Gasteiger partial charge < -0.3 is 5.32 Å². The van der Waals surface area contributed by atoms with Gasteiger partial charge in [-0.3, -0.25) is 0 Å². The molecule has 0 radical (unpaired) electrons. The van der Waals surface area contributed by atoms with Gasteiger partial charge in [-0.05, 0) is 67.0 Å². The first-order valence-corrected chi connectivity index (χ1v) is 9.76. The summed E-state index contributed by atoms with van der Waals surface area (Å²) in [6, 6.07) is 7.82. The van der Waals surface area contributed by atoms with E-state index in [2.05, 4.69) is 56.0 Å². The summed E-state index contributed by atoms with van der Waals surface area (Å²) in [4.78, 5) is 0. The third-order valence-corrected chi connectivity index (χ3v) is 5.64. The van der Waals surface area contributed by atoms with E-state index in [1.54, 1.807) is 11.1 Å². The molecular formula is C19H31NS. The molecule has 2 heteroatoms.